The maximum atomic E-state index is 11.6. The maximum absolute atomic E-state index is 11.6. The summed E-state index contributed by atoms with van der Waals surface area (Å²) < 4.78 is 23.3. The molecule has 0 fully saturated rings. The van der Waals surface area contributed by atoms with Crippen LogP contribution in [0.1, 0.15) is 12.8 Å². The van der Waals surface area contributed by atoms with Gasteiger partial charge in [-0.15, -0.1) is 6.58 Å². The number of rotatable bonds is 4. The molecule has 0 aromatic rings. The molecule has 0 saturated carbocycles. The molecule has 0 aliphatic rings. The van der Waals surface area contributed by atoms with Crippen molar-refractivity contribution in [1.29, 1.82) is 0 Å². The van der Waals surface area contributed by atoms with Crippen LogP contribution in [-0.2, 0) is 0 Å². The van der Waals surface area contributed by atoms with Gasteiger partial charge in [0.15, 0.2) is 0 Å². The molecule has 58 valence electrons. The van der Waals surface area contributed by atoms with Crippen molar-refractivity contribution in [3.8, 4) is 0 Å². The van der Waals surface area contributed by atoms with Crippen LogP contribution in [-0.4, -0.2) is 11.2 Å². The second-order valence-corrected chi connectivity index (χ2v) is 1.87. The largest absolute Gasteiger partial charge is 0.356 e. The van der Waals surface area contributed by atoms with Crippen molar-refractivity contribution in [3.63, 3.8) is 0 Å². The van der Waals surface area contributed by atoms with Gasteiger partial charge in [-0.25, -0.2) is 0 Å². The molecule has 0 unspecified atom stereocenters. The highest BCUT2D eigenvalue weighted by Gasteiger charge is 2.20. The highest BCUT2D eigenvalue weighted by molar-refractivity contribution is 4.89. The van der Waals surface area contributed by atoms with E-state index in [2.05, 4.69) is 6.58 Å². The van der Waals surface area contributed by atoms with E-state index in [1.54, 1.807) is 6.08 Å². The van der Waals surface area contributed by atoms with Gasteiger partial charge in [-0.2, -0.15) is 8.78 Å². The molecule has 0 heterocycles. The zero-order valence-corrected chi connectivity index (χ0v) is 5.56. The third kappa shape index (κ3) is 7.30. The van der Waals surface area contributed by atoms with Gasteiger partial charge in [-0.05, 0) is 6.42 Å². The van der Waals surface area contributed by atoms with E-state index in [0.29, 0.717) is 6.42 Å². The Balaban J connectivity index is 3.43. The highest BCUT2D eigenvalue weighted by atomic mass is 19.3. The normalized spacial score (nSPS) is 12.3. The number of allylic oxidation sites excluding steroid dienone is 2. The summed E-state index contributed by atoms with van der Waals surface area (Å²) in [5.74, 6) is 0. The Morgan fingerprint density at radius 1 is 1.40 bits per heavy atom. The number of alkyl halides is 2. The van der Waals surface area contributed by atoms with E-state index in [0.717, 1.165) is 0 Å². The van der Waals surface area contributed by atoms with Crippen LogP contribution in [0.25, 0.3) is 0 Å². The lowest BCUT2D eigenvalue weighted by Gasteiger charge is -2.02. The molecule has 0 aromatic heterocycles. The van der Waals surface area contributed by atoms with Gasteiger partial charge >= 0.3 is 6.11 Å². The first kappa shape index (κ1) is 9.30. The van der Waals surface area contributed by atoms with E-state index in [4.69, 9.17) is 5.11 Å². The van der Waals surface area contributed by atoms with Crippen molar-refractivity contribution in [3.05, 3.63) is 24.8 Å². The van der Waals surface area contributed by atoms with Crippen molar-refractivity contribution >= 4 is 0 Å². The SMILES string of the molecule is C=CC/C=C/CC(O)(F)F. The molecule has 0 aromatic carbocycles. The topological polar surface area (TPSA) is 20.2 Å². The molecular weight excluding hydrogens is 138 g/mol. The molecule has 0 aliphatic carbocycles. The predicted octanol–water partition coefficient (Wildman–Crippen LogP) is 2.09. The van der Waals surface area contributed by atoms with E-state index in [1.807, 2.05) is 0 Å². The van der Waals surface area contributed by atoms with Gasteiger partial charge in [0, 0.05) is 0 Å². The van der Waals surface area contributed by atoms with Crippen LogP contribution >= 0.6 is 0 Å². The molecule has 0 aliphatic heterocycles. The van der Waals surface area contributed by atoms with Crippen molar-refractivity contribution in [2.24, 2.45) is 0 Å². The molecule has 0 rings (SSSR count). The van der Waals surface area contributed by atoms with Gasteiger partial charge < -0.3 is 5.11 Å². The van der Waals surface area contributed by atoms with E-state index in [9.17, 15) is 8.78 Å². The molecule has 10 heavy (non-hydrogen) atoms. The highest BCUT2D eigenvalue weighted by Crippen LogP contribution is 2.13. The fraction of sp³-hybridized carbons (Fsp3) is 0.429. The van der Waals surface area contributed by atoms with Crippen LogP contribution < -0.4 is 0 Å². The van der Waals surface area contributed by atoms with E-state index >= 15 is 0 Å². The van der Waals surface area contributed by atoms with Gasteiger partial charge in [-0.1, -0.05) is 18.2 Å². The second-order valence-electron chi connectivity index (χ2n) is 1.87. The standard InChI is InChI=1S/C7H10F2O/c1-2-3-4-5-6-7(8,9)10/h2,4-5,10H,1,3,6H2/b5-4+. The van der Waals surface area contributed by atoms with Crippen molar-refractivity contribution in [1.82, 2.24) is 0 Å². The Bertz CT molecular complexity index is 124. The fourth-order valence-corrected chi connectivity index (χ4v) is 0.418. The Hall–Kier alpha value is -0.700. The molecule has 0 atom stereocenters. The van der Waals surface area contributed by atoms with Gasteiger partial charge in [0.1, 0.15) is 0 Å². The average Bonchev–Trinajstić information content (AvgIpc) is 1.78. The molecule has 3 heteroatoms. The van der Waals surface area contributed by atoms with Gasteiger partial charge in [0.25, 0.3) is 0 Å². The van der Waals surface area contributed by atoms with Crippen LogP contribution in [0.3, 0.4) is 0 Å². The monoisotopic (exact) mass is 148 g/mol. The van der Waals surface area contributed by atoms with Crippen LogP contribution in [0.15, 0.2) is 24.8 Å². The third-order valence-corrected chi connectivity index (χ3v) is 0.833. The van der Waals surface area contributed by atoms with Crippen molar-refractivity contribution < 1.29 is 13.9 Å². The van der Waals surface area contributed by atoms with Gasteiger partial charge in [0.05, 0.1) is 6.42 Å². The smallest absolute Gasteiger partial charge is 0.336 e. The van der Waals surface area contributed by atoms with Crippen LogP contribution in [0.4, 0.5) is 8.78 Å². The summed E-state index contributed by atoms with van der Waals surface area (Å²) in [6, 6.07) is 0. The van der Waals surface area contributed by atoms with E-state index in [1.165, 1.54) is 12.2 Å². The van der Waals surface area contributed by atoms with Crippen LogP contribution in [0, 0.1) is 0 Å². The number of halogens is 2. The second kappa shape index (κ2) is 4.17. The zero-order valence-electron chi connectivity index (χ0n) is 5.56. The predicted molar refractivity (Wildman–Crippen MR) is 35.7 cm³/mol. The number of hydrogen-bond donors (Lipinski definition) is 1. The Kier molecular flexibility index (Phi) is 3.88. The third-order valence-electron chi connectivity index (χ3n) is 0.833. The summed E-state index contributed by atoms with van der Waals surface area (Å²) in [5.41, 5.74) is 0. The average molecular weight is 148 g/mol. The summed E-state index contributed by atoms with van der Waals surface area (Å²) in [4.78, 5) is 0. The first-order valence-electron chi connectivity index (χ1n) is 2.92. The summed E-state index contributed by atoms with van der Waals surface area (Å²) in [6.45, 7) is 3.39. The lowest BCUT2D eigenvalue weighted by Crippen LogP contribution is -2.11. The van der Waals surface area contributed by atoms with Gasteiger partial charge in [0.2, 0.25) is 0 Å². The molecule has 0 bridgehead atoms. The molecule has 1 nitrogen and oxygen atoms in total. The molecule has 0 saturated heterocycles. The van der Waals surface area contributed by atoms with E-state index in [-0.39, 0.29) is 0 Å². The summed E-state index contributed by atoms with van der Waals surface area (Å²) >= 11 is 0. The Morgan fingerprint density at radius 3 is 2.40 bits per heavy atom. The van der Waals surface area contributed by atoms with Crippen molar-refractivity contribution in [2.45, 2.75) is 19.0 Å². The summed E-state index contributed by atoms with van der Waals surface area (Å²) in [7, 11) is 0. The minimum absolute atomic E-state index is 0.552. The minimum Gasteiger partial charge on any atom is -0.336 e. The fourth-order valence-electron chi connectivity index (χ4n) is 0.418. The molecule has 0 spiro atoms. The first-order chi connectivity index (χ1) is 4.56. The number of hydrogen-bond acceptors (Lipinski definition) is 1. The maximum Gasteiger partial charge on any atom is 0.356 e. The zero-order chi connectivity index (χ0) is 8.04. The van der Waals surface area contributed by atoms with Gasteiger partial charge in [-0.3, -0.25) is 0 Å². The Labute approximate surface area is 58.7 Å². The first-order valence-corrected chi connectivity index (χ1v) is 2.92. The van der Waals surface area contributed by atoms with E-state index < -0.39 is 12.5 Å². The lowest BCUT2D eigenvalue weighted by atomic mass is 10.3. The van der Waals surface area contributed by atoms with Crippen molar-refractivity contribution in [2.75, 3.05) is 0 Å². The minimum atomic E-state index is -3.57. The molecular formula is C7H10F2O. The molecule has 0 radical (unpaired) electrons. The number of aliphatic hydroxyl groups is 1. The lowest BCUT2D eigenvalue weighted by molar-refractivity contribution is -0.194. The van der Waals surface area contributed by atoms with Crippen LogP contribution in [0.2, 0.25) is 0 Å². The summed E-state index contributed by atoms with van der Waals surface area (Å²) in [6.07, 6.45) is 0.694. The summed E-state index contributed by atoms with van der Waals surface area (Å²) in [5, 5.41) is 7.91. The quantitative estimate of drug-likeness (QED) is 0.605. The molecule has 1 N–H and O–H groups in total. The van der Waals surface area contributed by atoms with Crippen LogP contribution in [0.5, 0.6) is 0 Å². The Morgan fingerprint density at radius 2 is 2.00 bits per heavy atom. The molecule has 0 amide bonds.